The lowest BCUT2D eigenvalue weighted by Gasteiger charge is -2.02. The normalized spacial score (nSPS) is 10.3. The molecule has 0 amide bonds. The van der Waals surface area contributed by atoms with E-state index in [1.165, 1.54) is 18.3 Å². The zero-order chi connectivity index (χ0) is 10.6. The standard InChI is InChI=1S/C8H10N4O2/c9-8(10)12(14)11-5-6-1-3-7(13)4-2-6/h1-5,13H,9-10H2/b11-5+. The fraction of sp³-hybridized carbons (Fsp3) is 0. The minimum absolute atomic E-state index is 0.104. The third-order valence-corrected chi connectivity index (χ3v) is 1.43. The Kier molecular flexibility index (Phi) is 2.90. The van der Waals surface area contributed by atoms with Gasteiger partial charge < -0.3 is 10.3 Å². The van der Waals surface area contributed by atoms with Gasteiger partial charge in [0.15, 0.2) is 0 Å². The summed E-state index contributed by atoms with van der Waals surface area (Å²) in [7, 11) is 0. The van der Waals surface area contributed by atoms with Gasteiger partial charge >= 0.3 is 5.96 Å². The van der Waals surface area contributed by atoms with E-state index in [4.69, 9.17) is 16.6 Å². The van der Waals surface area contributed by atoms with Crippen LogP contribution in [-0.2, 0) is 0 Å². The second kappa shape index (κ2) is 4.13. The highest BCUT2D eigenvalue weighted by Gasteiger charge is 1.90. The molecule has 0 heterocycles. The van der Waals surface area contributed by atoms with Crippen LogP contribution in [-0.4, -0.2) is 22.1 Å². The molecule has 0 saturated heterocycles. The van der Waals surface area contributed by atoms with E-state index in [0.717, 1.165) is 0 Å². The maximum absolute atomic E-state index is 10.8. The van der Waals surface area contributed by atoms with Crippen LogP contribution in [0.2, 0.25) is 0 Å². The van der Waals surface area contributed by atoms with Crippen molar-refractivity contribution < 1.29 is 9.95 Å². The average Bonchev–Trinajstić information content (AvgIpc) is 2.16. The molecule has 0 saturated carbocycles. The van der Waals surface area contributed by atoms with Crippen LogP contribution in [0.15, 0.2) is 29.4 Å². The molecular formula is C8H10N4O2. The van der Waals surface area contributed by atoms with E-state index in [2.05, 4.69) is 5.10 Å². The first-order valence-electron chi connectivity index (χ1n) is 3.78. The summed E-state index contributed by atoms with van der Waals surface area (Å²) in [5.41, 5.74) is 10.6. The SMILES string of the molecule is NC(N)=[N+]([O-])/N=C/c1ccc(O)cc1. The first-order chi connectivity index (χ1) is 6.59. The second-order valence-corrected chi connectivity index (χ2v) is 2.53. The summed E-state index contributed by atoms with van der Waals surface area (Å²) in [5, 5.41) is 23.1. The smallest absolute Gasteiger partial charge is 0.366 e. The van der Waals surface area contributed by atoms with Gasteiger partial charge in [0.1, 0.15) is 5.75 Å². The number of nitrogens with two attached hydrogens (primary N) is 2. The lowest BCUT2D eigenvalue weighted by molar-refractivity contribution is -0.463. The van der Waals surface area contributed by atoms with Gasteiger partial charge in [-0.1, -0.05) is 0 Å². The van der Waals surface area contributed by atoms with E-state index >= 15 is 0 Å². The van der Waals surface area contributed by atoms with Crippen molar-refractivity contribution in [2.45, 2.75) is 0 Å². The summed E-state index contributed by atoms with van der Waals surface area (Å²) in [6, 6.07) is 6.15. The number of phenols is 1. The molecule has 1 rings (SSSR count). The van der Waals surface area contributed by atoms with Crippen molar-refractivity contribution in [2.75, 3.05) is 0 Å². The Labute approximate surface area is 80.4 Å². The number of aromatic hydroxyl groups is 1. The van der Waals surface area contributed by atoms with E-state index in [9.17, 15) is 5.21 Å². The Morgan fingerprint density at radius 3 is 2.43 bits per heavy atom. The van der Waals surface area contributed by atoms with Gasteiger partial charge in [0, 0.05) is 0 Å². The second-order valence-electron chi connectivity index (χ2n) is 2.53. The summed E-state index contributed by atoms with van der Waals surface area (Å²) >= 11 is 0. The van der Waals surface area contributed by atoms with Gasteiger partial charge in [0.05, 0.1) is 6.21 Å². The van der Waals surface area contributed by atoms with Crippen molar-refractivity contribution in [1.82, 2.24) is 0 Å². The summed E-state index contributed by atoms with van der Waals surface area (Å²) in [4.78, 5) is 0.104. The molecule has 0 aliphatic rings. The number of benzene rings is 1. The van der Waals surface area contributed by atoms with Crippen LogP contribution < -0.4 is 11.5 Å². The van der Waals surface area contributed by atoms with Crippen molar-refractivity contribution >= 4 is 12.2 Å². The zero-order valence-electron chi connectivity index (χ0n) is 7.29. The molecule has 6 heteroatoms. The molecule has 0 unspecified atom stereocenters. The Morgan fingerprint density at radius 2 is 1.93 bits per heavy atom. The van der Waals surface area contributed by atoms with Crippen LogP contribution in [0.5, 0.6) is 5.75 Å². The highest BCUT2D eigenvalue weighted by Crippen LogP contribution is 2.07. The largest absolute Gasteiger partial charge is 0.722 e. The summed E-state index contributed by atoms with van der Waals surface area (Å²) in [6.07, 6.45) is 1.28. The predicted molar refractivity (Wildman–Crippen MR) is 52.7 cm³/mol. The molecule has 14 heavy (non-hydrogen) atoms. The number of nitrogens with zero attached hydrogens (tertiary/aromatic N) is 2. The van der Waals surface area contributed by atoms with Gasteiger partial charge in [-0.15, -0.1) is 9.95 Å². The molecular weight excluding hydrogens is 184 g/mol. The quantitative estimate of drug-likeness (QED) is 0.194. The topological polar surface area (TPSA) is 111 Å². The van der Waals surface area contributed by atoms with Gasteiger partial charge in [-0.2, -0.15) is 0 Å². The summed E-state index contributed by atoms with van der Waals surface area (Å²) in [5.74, 6) is -0.286. The fourth-order valence-corrected chi connectivity index (χ4v) is 0.746. The Bertz CT molecular complexity index is 365. The molecule has 74 valence electrons. The van der Waals surface area contributed by atoms with Gasteiger partial charge in [0.25, 0.3) is 0 Å². The molecule has 0 atom stereocenters. The fourth-order valence-electron chi connectivity index (χ4n) is 0.746. The predicted octanol–water partition coefficient (Wildman–Crippen LogP) is -0.490. The van der Waals surface area contributed by atoms with E-state index in [1.54, 1.807) is 12.1 Å². The maximum Gasteiger partial charge on any atom is 0.366 e. The number of hydrogen-bond acceptors (Lipinski definition) is 3. The Morgan fingerprint density at radius 1 is 1.36 bits per heavy atom. The van der Waals surface area contributed by atoms with Crippen molar-refractivity contribution in [2.24, 2.45) is 16.6 Å². The van der Waals surface area contributed by atoms with Crippen LogP contribution in [0.3, 0.4) is 0 Å². The van der Waals surface area contributed by atoms with E-state index in [1.807, 2.05) is 0 Å². The number of rotatable bonds is 2. The number of hydrazone groups is 1. The summed E-state index contributed by atoms with van der Waals surface area (Å²) < 4.78 is 0. The maximum atomic E-state index is 10.8. The zero-order valence-corrected chi connectivity index (χ0v) is 7.29. The molecule has 6 nitrogen and oxygen atoms in total. The molecule has 0 radical (unpaired) electrons. The molecule has 5 N–H and O–H groups in total. The van der Waals surface area contributed by atoms with Crippen molar-refractivity contribution in [3.05, 3.63) is 35.0 Å². The van der Waals surface area contributed by atoms with E-state index in [0.29, 0.717) is 5.56 Å². The summed E-state index contributed by atoms with van der Waals surface area (Å²) in [6.45, 7) is 0. The molecule has 1 aromatic carbocycles. The highest BCUT2D eigenvalue weighted by atomic mass is 16.5. The van der Waals surface area contributed by atoms with Crippen LogP contribution >= 0.6 is 0 Å². The molecule has 0 bridgehead atoms. The van der Waals surface area contributed by atoms with Crippen LogP contribution in [0.25, 0.3) is 0 Å². The number of phenolic OH excluding ortho intramolecular Hbond substituents is 1. The van der Waals surface area contributed by atoms with Crippen molar-refractivity contribution in [1.29, 1.82) is 0 Å². The number of guanidine groups is 1. The third kappa shape index (κ3) is 2.67. The minimum Gasteiger partial charge on any atom is -0.722 e. The molecule has 1 aromatic rings. The molecule has 0 spiro atoms. The van der Waals surface area contributed by atoms with Crippen molar-refractivity contribution in [3.63, 3.8) is 0 Å². The Hall–Kier alpha value is -2.24. The van der Waals surface area contributed by atoms with Crippen LogP contribution in [0, 0.1) is 5.21 Å². The monoisotopic (exact) mass is 194 g/mol. The van der Waals surface area contributed by atoms with Crippen molar-refractivity contribution in [3.8, 4) is 5.75 Å². The Balaban J connectivity index is 2.79. The first-order valence-corrected chi connectivity index (χ1v) is 3.78. The van der Waals surface area contributed by atoms with Crippen LogP contribution in [0.1, 0.15) is 5.56 Å². The van der Waals surface area contributed by atoms with Gasteiger partial charge in [-0.25, -0.2) is 0 Å². The average molecular weight is 194 g/mol. The van der Waals surface area contributed by atoms with Gasteiger partial charge in [-0.05, 0) is 29.8 Å². The van der Waals surface area contributed by atoms with E-state index in [-0.39, 0.29) is 10.6 Å². The number of hydrogen-bond donors (Lipinski definition) is 3. The van der Waals surface area contributed by atoms with Gasteiger partial charge in [-0.3, -0.25) is 11.5 Å². The van der Waals surface area contributed by atoms with Crippen LogP contribution in [0.4, 0.5) is 0 Å². The lowest BCUT2D eigenvalue weighted by atomic mass is 10.2. The minimum atomic E-state index is -0.431. The third-order valence-electron chi connectivity index (χ3n) is 1.43. The first kappa shape index (κ1) is 9.85. The molecule has 0 aliphatic heterocycles. The van der Waals surface area contributed by atoms with E-state index < -0.39 is 5.96 Å². The molecule has 0 aliphatic carbocycles. The lowest BCUT2D eigenvalue weighted by Crippen LogP contribution is -2.30. The highest BCUT2D eigenvalue weighted by molar-refractivity contribution is 5.79. The van der Waals surface area contributed by atoms with Gasteiger partial charge in [0.2, 0.25) is 0 Å². The molecule has 0 aromatic heterocycles. The molecule has 0 fully saturated rings.